The normalized spacial score (nSPS) is 14.9. The van der Waals surface area contributed by atoms with Crippen LogP contribution in [0.15, 0.2) is 23.3 Å². The summed E-state index contributed by atoms with van der Waals surface area (Å²) < 4.78 is 0.685. The van der Waals surface area contributed by atoms with Crippen LogP contribution in [0, 0.1) is 3.57 Å². The van der Waals surface area contributed by atoms with Crippen molar-refractivity contribution in [3.8, 4) is 11.6 Å². The number of nitrogens with one attached hydrogen (secondary N) is 1. The number of aromatic amines is 1. The lowest BCUT2D eigenvalue weighted by atomic mass is 10.3. The van der Waals surface area contributed by atoms with E-state index in [4.69, 9.17) is 0 Å². The zero-order valence-corrected chi connectivity index (χ0v) is 11.0. The Balaban J connectivity index is 2.15. The summed E-state index contributed by atoms with van der Waals surface area (Å²) in [5.74, 6) is 1.35. The molecule has 3 rings (SSSR count). The van der Waals surface area contributed by atoms with E-state index < -0.39 is 0 Å². The van der Waals surface area contributed by atoms with Gasteiger partial charge < -0.3 is 4.98 Å². The molecule has 0 saturated heterocycles. The predicted octanol–water partition coefficient (Wildman–Crippen LogP) is 1.71. The van der Waals surface area contributed by atoms with E-state index in [0.29, 0.717) is 21.1 Å². The number of halogens is 1. The van der Waals surface area contributed by atoms with Gasteiger partial charge in [0.05, 0.1) is 5.69 Å². The van der Waals surface area contributed by atoms with Gasteiger partial charge in [0.2, 0.25) is 0 Å². The third kappa shape index (κ3) is 2.08. The van der Waals surface area contributed by atoms with Gasteiger partial charge in [-0.25, -0.2) is 15.0 Å². The fourth-order valence-electron chi connectivity index (χ4n) is 1.63. The van der Waals surface area contributed by atoms with Crippen LogP contribution in [0.1, 0.15) is 24.5 Å². The third-order valence-corrected chi connectivity index (χ3v) is 3.67. The van der Waals surface area contributed by atoms with E-state index in [1.165, 1.54) is 0 Å². The third-order valence-electron chi connectivity index (χ3n) is 2.63. The maximum absolute atomic E-state index is 11.8. The lowest BCUT2D eigenvalue weighted by Crippen LogP contribution is -2.16. The zero-order valence-electron chi connectivity index (χ0n) is 8.85. The van der Waals surface area contributed by atoms with Gasteiger partial charge in [-0.1, -0.05) is 0 Å². The highest BCUT2D eigenvalue weighted by molar-refractivity contribution is 14.1. The number of H-pyrrole nitrogens is 1. The van der Waals surface area contributed by atoms with Crippen LogP contribution in [0.25, 0.3) is 11.6 Å². The van der Waals surface area contributed by atoms with Crippen molar-refractivity contribution in [1.29, 1.82) is 0 Å². The van der Waals surface area contributed by atoms with Gasteiger partial charge in [0.1, 0.15) is 3.57 Å². The molecule has 86 valence electrons. The molecule has 0 aliphatic heterocycles. The van der Waals surface area contributed by atoms with Crippen LogP contribution in [0.5, 0.6) is 0 Å². The molecule has 2 aromatic rings. The molecule has 0 spiro atoms. The summed E-state index contributed by atoms with van der Waals surface area (Å²) in [7, 11) is 0. The van der Waals surface area contributed by atoms with E-state index in [2.05, 4.69) is 19.9 Å². The Morgan fingerprint density at radius 2 is 2.00 bits per heavy atom. The number of nitrogens with zero attached hydrogens (tertiary/aromatic N) is 3. The Kier molecular flexibility index (Phi) is 2.65. The largest absolute Gasteiger partial charge is 0.303 e. The maximum Gasteiger partial charge on any atom is 0.264 e. The molecule has 0 radical (unpaired) electrons. The quantitative estimate of drug-likeness (QED) is 0.845. The highest BCUT2D eigenvalue weighted by Gasteiger charge is 2.29. The van der Waals surface area contributed by atoms with E-state index in [0.717, 1.165) is 18.5 Å². The van der Waals surface area contributed by atoms with Gasteiger partial charge in [-0.3, -0.25) is 4.79 Å². The van der Waals surface area contributed by atoms with Crippen molar-refractivity contribution in [3.63, 3.8) is 0 Å². The topological polar surface area (TPSA) is 71.5 Å². The number of aromatic nitrogens is 4. The van der Waals surface area contributed by atoms with Crippen LogP contribution in [0.3, 0.4) is 0 Å². The standard InChI is InChI=1S/C11H9IN4O/c12-7-8(6-2-3-6)15-10(16-11(7)17)9-13-4-1-5-14-9/h1,4-6H,2-3H2,(H,15,16,17). The number of hydrogen-bond acceptors (Lipinski definition) is 4. The summed E-state index contributed by atoms with van der Waals surface area (Å²) in [6, 6.07) is 1.73. The van der Waals surface area contributed by atoms with Crippen molar-refractivity contribution in [1.82, 2.24) is 19.9 Å². The van der Waals surface area contributed by atoms with E-state index in [-0.39, 0.29) is 5.56 Å². The molecular formula is C11H9IN4O. The Bertz CT molecular complexity index is 607. The summed E-state index contributed by atoms with van der Waals surface area (Å²) in [6.07, 6.45) is 5.50. The van der Waals surface area contributed by atoms with Crippen molar-refractivity contribution in [2.45, 2.75) is 18.8 Å². The van der Waals surface area contributed by atoms with Gasteiger partial charge in [-0.05, 0) is 41.5 Å². The molecule has 0 amide bonds. The van der Waals surface area contributed by atoms with E-state index in [1.54, 1.807) is 18.5 Å². The van der Waals surface area contributed by atoms with E-state index >= 15 is 0 Å². The minimum Gasteiger partial charge on any atom is -0.303 e. The smallest absolute Gasteiger partial charge is 0.264 e. The Morgan fingerprint density at radius 3 is 2.65 bits per heavy atom. The first-order valence-electron chi connectivity index (χ1n) is 5.33. The second-order valence-electron chi connectivity index (χ2n) is 3.96. The van der Waals surface area contributed by atoms with Crippen molar-refractivity contribution < 1.29 is 0 Å². The average Bonchev–Trinajstić information content (AvgIpc) is 3.18. The maximum atomic E-state index is 11.8. The highest BCUT2D eigenvalue weighted by atomic mass is 127. The molecule has 0 unspecified atom stereocenters. The van der Waals surface area contributed by atoms with Crippen molar-refractivity contribution in [2.24, 2.45) is 0 Å². The van der Waals surface area contributed by atoms with Crippen LogP contribution in [-0.2, 0) is 0 Å². The zero-order chi connectivity index (χ0) is 11.8. The van der Waals surface area contributed by atoms with Crippen molar-refractivity contribution in [2.75, 3.05) is 0 Å². The van der Waals surface area contributed by atoms with Gasteiger partial charge >= 0.3 is 0 Å². The van der Waals surface area contributed by atoms with Crippen molar-refractivity contribution in [3.05, 3.63) is 38.1 Å². The Labute approximate surface area is 111 Å². The molecule has 0 aromatic carbocycles. The molecular weight excluding hydrogens is 331 g/mol. The lowest BCUT2D eigenvalue weighted by molar-refractivity contribution is 0.942. The van der Waals surface area contributed by atoms with Gasteiger partial charge in [0, 0.05) is 18.3 Å². The molecule has 1 fully saturated rings. The Morgan fingerprint density at radius 1 is 1.29 bits per heavy atom. The van der Waals surface area contributed by atoms with Crippen LogP contribution in [0.4, 0.5) is 0 Å². The van der Waals surface area contributed by atoms with Crippen LogP contribution in [0.2, 0.25) is 0 Å². The SMILES string of the molecule is O=c1[nH]c(-c2ncccn2)nc(C2CC2)c1I. The molecule has 1 aliphatic rings. The van der Waals surface area contributed by atoms with E-state index in [9.17, 15) is 4.79 Å². The van der Waals surface area contributed by atoms with Crippen LogP contribution >= 0.6 is 22.6 Å². The molecule has 6 heteroatoms. The Hall–Kier alpha value is -1.31. The summed E-state index contributed by atoms with van der Waals surface area (Å²) in [5.41, 5.74) is 0.779. The molecule has 2 heterocycles. The van der Waals surface area contributed by atoms with E-state index in [1.807, 2.05) is 22.6 Å². The second-order valence-corrected chi connectivity index (χ2v) is 5.04. The average molecular weight is 340 g/mol. The van der Waals surface area contributed by atoms with Gasteiger partial charge in [0.15, 0.2) is 11.6 Å². The van der Waals surface area contributed by atoms with Gasteiger partial charge in [-0.2, -0.15) is 0 Å². The first-order valence-corrected chi connectivity index (χ1v) is 6.40. The second kappa shape index (κ2) is 4.17. The fourth-order valence-corrected chi connectivity index (χ4v) is 2.33. The molecule has 2 aromatic heterocycles. The number of hydrogen-bond donors (Lipinski definition) is 1. The highest BCUT2D eigenvalue weighted by Crippen LogP contribution is 2.40. The molecule has 0 bridgehead atoms. The summed E-state index contributed by atoms with van der Waals surface area (Å²) >= 11 is 2.05. The summed E-state index contributed by atoms with van der Waals surface area (Å²) in [6.45, 7) is 0. The minimum absolute atomic E-state index is 0.107. The first-order chi connectivity index (χ1) is 8.25. The molecule has 1 N–H and O–H groups in total. The lowest BCUT2D eigenvalue weighted by Gasteiger charge is -2.04. The number of rotatable bonds is 2. The van der Waals surface area contributed by atoms with Crippen molar-refractivity contribution >= 4 is 22.6 Å². The summed E-state index contributed by atoms with van der Waals surface area (Å²) in [5, 5.41) is 0. The molecule has 0 atom stereocenters. The monoisotopic (exact) mass is 340 g/mol. The molecule has 17 heavy (non-hydrogen) atoms. The van der Waals surface area contributed by atoms with Crippen LogP contribution in [-0.4, -0.2) is 19.9 Å². The first kappa shape index (κ1) is 10.8. The van der Waals surface area contributed by atoms with Gasteiger partial charge in [-0.15, -0.1) is 0 Å². The predicted molar refractivity (Wildman–Crippen MR) is 70.6 cm³/mol. The minimum atomic E-state index is -0.107. The fraction of sp³-hybridized carbons (Fsp3) is 0.273. The van der Waals surface area contributed by atoms with Crippen LogP contribution < -0.4 is 5.56 Å². The molecule has 1 aliphatic carbocycles. The van der Waals surface area contributed by atoms with Gasteiger partial charge in [0.25, 0.3) is 5.56 Å². The summed E-state index contributed by atoms with van der Waals surface area (Å²) in [4.78, 5) is 27.2. The molecule has 1 saturated carbocycles. The molecule has 5 nitrogen and oxygen atoms in total.